The first-order chi connectivity index (χ1) is 9.02. The minimum atomic E-state index is -0.231. The van der Waals surface area contributed by atoms with E-state index < -0.39 is 0 Å². The summed E-state index contributed by atoms with van der Waals surface area (Å²) < 4.78 is 5.18. The molecular formula is C13H17N3O2S. The van der Waals surface area contributed by atoms with Gasteiger partial charge in [-0.15, -0.1) is 0 Å². The summed E-state index contributed by atoms with van der Waals surface area (Å²) in [5.74, 6) is 0.776. The molecule has 0 saturated carbocycles. The van der Waals surface area contributed by atoms with Crippen molar-refractivity contribution in [3.63, 3.8) is 0 Å². The molecule has 102 valence electrons. The van der Waals surface area contributed by atoms with Crippen LogP contribution in [-0.2, 0) is 4.79 Å². The van der Waals surface area contributed by atoms with E-state index in [0.29, 0.717) is 10.7 Å². The number of rotatable bonds is 4. The molecule has 1 heterocycles. The Morgan fingerprint density at radius 3 is 2.84 bits per heavy atom. The van der Waals surface area contributed by atoms with Crippen molar-refractivity contribution < 1.29 is 9.53 Å². The Labute approximate surface area is 117 Å². The highest BCUT2D eigenvalue weighted by Gasteiger charge is 2.29. The Bertz CT molecular complexity index is 519. The Kier molecular flexibility index (Phi) is 3.90. The molecule has 1 atom stereocenters. The number of hydrogen-bond acceptors (Lipinski definition) is 4. The van der Waals surface area contributed by atoms with Crippen LogP contribution in [-0.4, -0.2) is 42.5 Å². The number of likely N-dealkylation sites (tertiary alicyclic amines) is 1. The molecule has 0 aliphatic carbocycles. The van der Waals surface area contributed by atoms with E-state index in [1.165, 1.54) is 0 Å². The van der Waals surface area contributed by atoms with E-state index in [0.717, 1.165) is 24.2 Å². The Balaban J connectivity index is 2.27. The number of hydrogen-bond donors (Lipinski definition) is 2. The number of amides is 1. The molecule has 1 aromatic carbocycles. The van der Waals surface area contributed by atoms with Crippen molar-refractivity contribution in [3.8, 4) is 5.75 Å². The molecule has 1 unspecified atom stereocenters. The Morgan fingerprint density at radius 1 is 1.58 bits per heavy atom. The lowest BCUT2D eigenvalue weighted by atomic mass is 10.1. The van der Waals surface area contributed by atoms with Gasteiger partial charge in [0.25, 0.3) is 0 Å². The van der Waals surface area contributed by atoms with Crippen LogP contribution in [0.3, 0.4) is 0 Å². The van der Waals surface area contributed by atoms with Crippen molar-refractivity contribution in [2.24, 2.45) is 5.73 Å². The number of likely N-dealkylation sites (N-methyl/N-ethyl adjacent to an activating group) is 1. The zero-order valence-electron chi connectivity index (χ0n) is 11.0. The van der Waals surface area contributed by atoms with Gasteiger partial charge in [-0.2, -0.15) is 0 Å². The van der Waals surface area contributed by atoms with Gasteiger partial charge in [0.2, 0.25) is 5.91 Å². The van der Waals surface area contributed by atoms with Gasteiger partial charge >= 0.3 is 0 Å². The second-order valence-corrected chi connectivity index (χ2v) is 4.96. The zero-order valence-corrected chi connectivity index (χ0v) is 11.8. The SMILES string of the molecule is COc1ccc(C(N)=S)c(NC2CCN(C)C2=O)c1. The molecule has 6 heteroatoms. The Morgan fingerprint density at radius 2 is 2.32 bits per heavy atom. The van der Waals surface area contributed by atoms with Crippen LogP contribution in [0.25, 0.3) is 0 Å². The van der Waals surface area contributed by atoms with Crippen molar-refractivity contribution in [1.29, 1.82) is 0 Å². The molecule has 2 rings (SSSR count). The predicted molar refractivity (Wildman–Crippen MR) is 78.5 cm³/mol. The number of carbonyl (C=O) groups is 1. The highest BCUT2D eigenvalue weighted by molar-refractivity contribution is 7.80. The van der Waals surface area contributed by atoms with Crippen LogP contribution in [0.1, 0.15) is 12.0 Å². The summed E-state index contributed by atoms with van der Waals surface area (Å²) in [5, 5.41) is 3.21. The van der Waals surface area contributed by atoms with Crippen LogP contribution in [0.15, 0.2) is 18.2 Å². The zero-order chi connectivity index (χ0) is 14.0. The monoisotopic (exact) mass is 279 g/mol. The lowest BCUT2D eigenvalue weighted by molar-refractivity contribution is -0.127. The molecule has 1 fully saturated rings. The van der Waals surface area contributed by atoms with Gasteiger partial charge in [0.15, 0.2) is 0 Å². The van der Waals surface area contributed by atoms with E-state index in [1.54, 1.807) is 37.3 Å². The fourth-order valence-corrected chi connectivity index (χ4v) is 2.31. The first-order valence-electron chi connectivity index (χ1n) is 6.02. The number of nitrogens with one attached hydrogen (secondary N) is 1. The van der Waals surface area contributed by atoms with Crippen LogP contribution in [0.5, 0.6) is 5.75 Å². The quantitative estimate of drug-likeness (QED) is 0.804. The minimum absolute atomic E-state index is 0.0803. The van der Waals surface area contributed by atoms with E-state index in [4.69, 9.17) is 22.7 Å². The summed E-state index contributed by atoms with van der Waals surface area (Å²) in [6.45, 7) is 0.753. The van der Waals surface area contributed by atoms with Gasteiger partial charge in [-0.05, 0) is 18.6 Å². The molecule has 0 bridgehead atoms. The third kappa shape index (κ3) is 2.78. The number of nitrogens with zero attached hydrogens (tertiary/aromatic N) is 1. The van der Waals surface area contributed by atoms with E-state index in [-0.39, 0.29) is 11.9 Å². The lowest BCUT2D eigenvalue weighted by Crippen LogP contribution is -2.31. The molecule has 1 aromatic rings. The van der Waals surface area contributed by atoms with Crippen LogP contribution in [0.4, 0.5) is 5.69 Å². The number of methoxy groups -OCH3 is 1. The van der Waals surface area contributed by atoms with Gasteiger partial charge in [-0.25, -0.2) is 0 Å². The van der Waals surface area contributed by atoms with Gasteiger partial charge < -0.3 is 20.7 Å². The maximum atomic E-state index is 11.9. The highest BCUT2D eigenvalue weighted by atomic mass is 32.1. The fraction of sp³-hybridized carbons (Fsp3) is 0.385. The van der Waals surface area contributed by atoms with Gasteiger partial charge in [0, 0.05) is 30.9 Å². The topological polar surface area (TPSA) is 67.6 Å². The molecule has 19 heavy (non-hydrogen) atoms. The van der Waals surface area contributed by atoms with Crippen molar-refractivity contribution >= 4 is 28.8 Å². The van der Waals surface area contributed by atoms with Gasteiger partial charge in [-0.1, -0.05) is 12.2 Å². The third-order valence-electron chi connectivity index (χ3n) is 3.25. The second kappa shape index (κ2) is 5.44. The average molecular weight is 279 g/mol. The number of ether oxygens (including phenoxy) is 1. The molecule has 5 nitrogen and oxygen atoms in total. The minimum Gasteiger partial charge on any atom is -0.497 e. The largest absolute Gasteiger partial charge is 0.497 e. The number of nitrogens with two attached hydrogens (primary N) is 1. The molecule has 0 aromatic heterocycles. The molecule has 0 radical (unpaired) electrons. The predicted octanol–water partition coefficient (Wildman–Crippen LogP) is 0.972. The summed E-state index contributed by atoms with van der Waals surface area (Å²) in [4.78, 5) is 13.9. The van der Waals surface area contributed by atoms with Gasteiger partial charge in [-0.3, -0.25) is 4.79 Å². The van der Waals surface area contributed by atoms with Crippen molar-refractivity contribution in [2.75, 3.05) is 26.0 Å². The normalized spacial score (nSPS) is 18.5. The molecule has 1 amide bonds. The molecular weight excluding hydrogens is 262 g/mol. The summed E-state index contributed by atoms with van der Waals surface area (Å²) in [6.07, 6.45) is 0.767. The first kappa shape index (κ1) is 13.6. The number of carbonyl (C=O) groups excluding carboxylic acids is 1. The molecule has 1 aliphatic heterocycles. The summed E-state index contributed by atoms with van der Waals surface area (Å²) in [5.41, 5.74) is 7.15. The van der Waals surface area contributed by atoms with E-state index in [2.05, 4.69) is 5.32 Å². The van der Waals surface area contributed by atoms with E-state index in [9.17, 15) is 4.79 Å². The average Bonchev–Trinajstić information content (AvgIpc) is 2.70. The molecule has 3 N–H and O–H groups in total. The van der Waals surface area contributed by atoms with Crippen LogP contribution >= 0.6 is 12.2 Å². The summed E-state index contributed by atoms with van der Waals surface area (Å²) in [6, 6.07) is 5.17. The van der Waals surface area contributed by atoms with E-state index >= 15 is 0 Å². The standard InChI is InChI=1S/C13H17N3O2S/c1-16-6-5-10(13(16)17)15-11-7-8(18-2)3-4-9(11)12(14)19/h3-4,7,10,15H,5-6H2,1-2H3,(H2,14,19). The van der Waals surface area contributed by atoms with Crippen molar-refractivity contribution in [3.05, 3.63) is 23.8 Å². The molecule has 1 aliphatic rings. The van der Waals surface area contributed by atoms with Crippen molar-refractivity contribution in [2.45, 2.75) is 12.5 Å². The first-order valence-corrected chi connectivity index (χ1v) is 6.43. The van der Waals surface area contributed by atoms with Crippen LogP contribution < -0.4 is 15.8 Å². The maximum Gasteiger partial charge on any atom is 0.244 e. The van der Waals surface area contributed by atoms with Crippen LogP contribution in [0.2, 0.25) is 0 Å². The Hall–Kier alpha value is -1.82. The van der Waals surface area contributed by atoms with Crippen LogP contribution in [0, 0.1) is 0 Å². The van der Waals surface area contributed by atoms with Gasteiger partial charge in [0.1, 0.15) is 16.8 Å². The maximum absolute atomic E-state index is 11.9. The number of thiocarbonyl (C=S) groups is 1. The van der Waals surface area contributed by atoms with E-state index in [1.807, 2.05) is 0 Å². The highest BCUT2D eigenvalue weighted by Crippen LogP contribution is 2.25. The number of anilines is 1. The molecule has 1 saturated heterocycles. The summed E-state index contributed by atoms with van der Waals surface area (Å²) in [7, 11) is 3.39. The fourth-order valence-electron chi connectivity index (χ4n) is 2.13. The second-order valence-electron chi connectivity index (χ2n) is 4.52. The third-order valence-corrected chi connectivity index (χ3v) is 3.47. The molecule has 0 spiro atoms. The smallest absolute Gasteiger partial charge is 0.244 e. The lowest BCUT2D eigenvalue weighted by Gasteiger charge is -2.17. The van der Waals surface area contributed by atoms with Gasteiger partial charge in [0.05, 0.1) is 7.11 Å². The summed E-state index contributed by atoms with van der Waals surface area (Å²) >= 11 is 5.02. The number of benzene rings is 1. The van der Waals surface area contributed by atoms with Crippen molar-refractivity contribution in [1.82, 2.24) is 4.90 Å².